The number of rotatable bonds is 8. The number of methoxy groups -OCH3 is 1. The van der Waals surface area contributed by atoms with Crippen molar-refractivity contribution in [2.75, 3.05) is 82.5 Å². The highest BCUT2D eigenvalue weighted by molar-refractivity contribution is 5.95. The summed E-state index contributed by atoms with van der Waals surface area (Å²) in [6, 6.07) is 15.6. The van der Waals surface area contributed by atoms with Crippen LogP contribution in [0.5, 0.6) is 5.75 Å². The minimum Gasteiger partial charge on any atom is -0.495 e. The van der Waals surface area contributed by atoms with Gasteiger partial charge in [-0.25, -0.2) is 14.6 Å². The Morgan fingerprint density at radius 2 is 1.75 bits per heavy atom. The lowest BCUT2D eigenvalue weighted by Crippen LogP contribution is -2.47. The average molecular weight is 543 g/mol. The van der Waals surface area contributed by atoms with Gasteiger partial charge in [0.1, 0.15) is 17.9 Å². The number of hydrogen-bond donors (Lipinski definition) is 1. The Labute approximate surface area is 233 Å². The molecule has 4 heterocycles. The fraction of sp³-hybridized carbons (Fsp3) is 0.379. The van der Waals surface area contributed by atoms with Gasteiger partial charge in [0, 0.05) is 57.9 Å². The van der Waals surface area contributed by atoms with E-state index in [1.165, 1.54) is 0 Å². The molecule has 2 aromatic heterocycles. The second-order valence-corrected chi connectivity index (χ2v) is 9.90. The maximum absolute atomic E-state index is 12.9. The average Bonchev–Trinajstić information content (AvgIpc) is 3.46. The van der Waals surface area contributed by atoms with Crippen LogP contribution in [0.2, 0.25) is 0 Å². The monoisotopic (exact) mass is 542 g/mol. The number of carbonyl (C=O) groups is 1. The molecule has 208 valence electrons. The van der Waals surface area contributed by atoms with Gasteiger partial charge in [-0.1, -0.05) is 18.2 Å². The van der Waals surface area contributed by atoms with Gasteiger partial charge in [0.25, 0.3) is 5.91 Å². The molecule has 2 saturated heterocycles. The Morgan fingerprint density at radius 3 is 2.52 bits per heavy atom. The third kappa shape index (κ3) is 5.43. The van der Waals surface area contributed by atoms with E-state index in [1.54, 1.807) is 13.4 Å². The van der Waals surface area contributed by atoms with E-state index in [0.29, 0.717) is 12.1 Å². The molecule has 6 rings (SSSR count). The van der Waals surface area contributed by atoms with Gasteiger partial charge in [-0.15, -0.1) is 0 Å². The summed E-state index contributed by atoms with van der Waals surface area (Å²) in [5.74, 6) is 1.56. The molecular weight excluding hydrogens is 508 g/mol. The first-order chi connectivity index (χ1) is 19.7. The number of piperazine rings is 1. The number of morpholine rings is 1. The molecule has 0 radical (unpaired) electrons. The summed E-state index contributed by atoms with van der Waals surface area (Å²) in [6.45, 7) is 7.80. The van der Waals surface area contributed by atoms with Gasteiger partial charge < -0.3 is 24.6 Å². The molecular formula is C29H34N8O3. The molecule has 0 bridgehead atoms. The SMILES string of the molecule is COc1ccc(C(=O)NCCN2CCOCC2)cc1N1CCN(c2ncnc3c2cnn3-c2ccccc2)CC1. The Morgan fingerprint density at radius 1 is 0.975 bits per heavy atom. The fourth-order valence-electron chi connectivity index (χ4n) is 5.33. The molecule has 0 unspecified atom stereocenters. The first kappa shape index (κ1) is 26.0. The number of nitrogens with one attached hydrogen (secondary N) is 1. The van der Waals surface area contributed by atoms with Gasteiger partial charge in [0.2, 0.25) is 0 Å². The second-order valence-electron chi connectivity index (χ2n) is 9.90. The Bertz CT molecular complexity index is 1450. The van der Waals surface area contributed by atoms with Gasteiger partial charge in [-0.2, -0.15) is 5.10 Å². The quantitative estimate of drug-likeness (QED) is 0.359. The minimum atomic E-state index is -0.0744. The van der Waals surface area contributed by atoms with Crippen LogP contribution in [0.3, 0.4) is 0 Å². The molecule has 0 spiro atoms. The predicted molar refractivity (Wildman–Crippen MR) is 154 cm³/mol. The zero-order valence-corrected chi connectivity index (χ0v) is 22.7. The zero-order valence-electron chi connectivity index (χ0n) is 22.7. The molecule has 0 saturated carbocycles. The topological polar surface area (TPSA) is 101 Å². The summed E-state index contributed by atoms with van der Waals surface area (Å²) >= 11 is 0. The Kier molecular flexibility index (Phi) is 7.73. The predicted octanol–water partition coefficient (Wildman–Crippen LogP) is 2.21. The maximum Gasteiger partial charge on any atom is 0.251 e. The first-order valence-corrected chi connectivity index (χ1v) is 13.7. The lowest BCUT2D eigenvalue weighted by Gasteiger charge is -2.37. The van der Waals surface area contributed by atoms with Crippen molar-refractivity contribution in [3.8, 4) is 11.4 Å². The summed E-state index contributed by atoms with van der Waals surface area (Å²) in [4.78, 5) is 28.9. The molecule has 40 heavy (non-hydrogen) atoms. The van der Waals surface area contributed by atoms with E-state index in [-0.39, 0.29) is 5.91 Å². The normalized spacial score (nSPS) is 16.3. The molecule has 1 amide bonds. The van der Waals surface area contributed by atoms with E-state index in [0.717, 1.165) is 93.0 Å². The molecule has 0 atom stereocenters. The number of ether oxygens (including phenoxy) is 2. The number of fused-ring (bicyclic) bond motifs is 1. The number of carbonyl (C=O) groups excluding carboxylic acids is 1. The van der Waals surface area contributed by atoms with Gasteiger partial charge >= 0.3 is 0 Å². The largest absolute Gasteiger partial charge is 0.495 e. The minimum absolute atomic E-state index is 0.0744. The summed E-state index contributed by atoms with van der Waals surface area (Å²) < 4.78 is 12.9. The van der Waals surface area contributed by atoms with Crippen LogP contribution in [-0.2, 0) is 4.74 Å². The number of nitrogens with zero attached hydrogens (tertiary/aromatic N) is 7. The molecule has 2 aromatic carbocycles. The molecule has 1 N–H and O–H groups in total. The zero-order chi connectivity index (χ0) is 27.3. The van der Waals surface area contributed by atoms with E-state index in [4.69, 9.17) is 9.47 Å². The van der Waals surface area contributed by atoms with Gasteiger partial charge in [0.15, 0.2) is 5.65 Å². The molecule has 2 aliphatic rings. The smallest absolute Gasteiger partial charge is 0.251 e. The number of hydrogen-bond acceptors (Lipinski definition) is 9. The summed E-state index contributed by atoms with van der Waals surface area (Å²) in [7, 11) is 1.67. The number of anilines is 2. The van der Waals surface area contributed by atoms with Crippen molar-refractivity contribution in [3.05, 3.63) is 66.6 Å². The Hall–Kier alpha value is -4.22. The van der Waals surface area contributed by atoms with Crippen LogP contribution >= 0.6 is 0 Å². The van der Waals surface area contributed by atoms with Crippen molar-refractivity contribution >= 4 is 28.4 Å². The summed E-state index contributed by atoms with van der Waals surface area (Å²) in [5, 5.41) is 8.58. The molecule has 0 aliphatic carbocycles. The van der Waals surface area contributed by atoms with Gasteiger partial charge in [0.05, 0.1) is 43.3 Å². The maximum atomic E-state index is 12.9. The summed E-state index contributed by atoms with van der Waals surface area (Å²) in [6.07, 6.45) is 3.45. The van der Waals surface area contributed by atoms with E-state index in [2.05, 4.69) is 35.1 Å². The highest BCUT2D eigenvalue weighted by atomic mass is 16.5. The first-order valence-electron chi connectivity index (χ1n) is 13.7. The third-order valence-corrected chi connectivity index (χ3v) is 7.52. The van der Waals surface area contributed by atoms with Crippen molar-refractivity contribution in [3.63, 3.8) is 0 Å². The lowest BCUT2D eigenvalue weighted by molar-refractivity contribution is 0.0383. The van der Waals surface area contributed by atoms with Crippen LogP contribution in [0.4, 0.5) is 11.5 Å². The van der Waals surface area contributed by atoms with Crippen LogP contribution in [0.1, 0.15) is 10.4 Å². The Balaban J connectivity index is 1.13. The van der Waals surface area contributed by atoms with Crippen LogP contribution in [0, 0.1) is 0 Å². The number of benzene rings is 2. The standard InChI is InChI=1S/C29H34N8O3/c1-39-26-8-7-22(29(38)30-9-10-34-15-17-40-18-16-34)19-25(26)35-11-13-36(14-12-35)27-24-20-33-37(28(24)32-21-31-27)23-5-3-2-4-6-23/h2-8,19-21H,9-18H2,1H3,(H,30,38). The fourth-order valence-corrected chi connectivity index (χ4v) is 5.33. The van der Waals surface area contributed by atoms with Crippen LogP contribution in [-0.4, -0.2) is 103 Å². The highest BCUT2D eigenvalue weighted by Crippen LogP contribution is 2.32. The van der Waals surface area contributed by atoms with Gasteiger partial charge in [-0.05, 0) is 30.3 Å². The van der Waals surface area contributed by atoms with Crippen molar-refractivity contribution < 1.29 is 14.3 Å². The van der Waals surface area contributed by atoms with Crippen LogP contribution in [0.25, 0.3) is 16.7 Å². The van der Waals surface area contributed by atoms with Crippen molar-refractivity contribution in [2.45, 2.75) is 0 Å². The molecule has 11 nitrogen and oxygen atoms in total. The van der Waals surface area contributed by atoms with Gasteiger partial charge in [-0.3, -0.25) is 9.69 Å². The molecule has 11 heteroatoms. The van der Waals surface area contributed by atoms with E-state index >= 15 is 0 Å². The van der Waals surface area contributed by atoms with Crippen molar-refractivity contribution in [2.24, 2.45) is 0 Å². The van der Waals surface area contributed by atoms with Crippen LogP contribution in [0.15, 0.2) is 61.1 Å². The number of amides is 1. The van der Waals surface area contributed by atoms with Crippen LogP contribution < -0.4 is 19.9 Å². The number of aromatic nitrogens is 4. The number of para-hydroxylation sites is 1. The van der Waals surface area contributed by atoms with E-state index in [9.17, 15) is 4.79 Å². The summed E-state index contributed by atoms with van der Waals surface area (Å²) in [5.41, 5.74) is 3.30. The van der Waals surface area contributed by atoms with E-state index in [1.807, 2.05) is 59.4 Å². The van der Waals surface area contributed by atoms with Crippen molar-refractivity contribution in [1.82, 2.24) is 30.0 Å². The highest BCUT2D eigenvalue weighted by Gasteiger charge is 2.24. The lowest BCUT2D eigenvalue weighted by atomic mass is 10.1. The van der Waals surface area contributed by atoms with E-state index < -0.39 is 0 Å². The second kappa shape index (κ2) is 11.9. The third-order valence-electron chi connectivity index (χ3n) is 7.52. The molecule has 2 aliphatic heterocycles. The molecule has 4 aromatic rings. The molecule has 2 fully saturated rings. The van der Waals surface area contributed by atoms with Crippen molar-refractivity contribution in [1.29, 1.82) is 0 Å².